The highest BCUT2D eigenvalue weighted by molar-refractivity contribution is 7.15. The second-order valence-corrected chi connectivity index (χ2v) is 12.0. The number of pyridine rings is 1. The van der Waals surface area contributed by atoms with Crippen LogP contribution in [0.1, 0.15) is 53.7 Å². The van der Waals surface area contributed by atoms with Crippen LogP contribution in [-0.4, -0.2) is 85.1 Å². The Morgan fingerprint density at radius 1 is 1.20 bits per heavy atom. The van der Waals surface area contributed by atoms with Gasteiger partial charge in [0, 0.05) is 56.6 Å². The molecule has 0 spiro atoms. The van der Waals surface area contributed by atoms with Gasteiger partial charge in [-0.05, 0) is 45.6 Å². The third kappa shape index (κ3) is 4.83. The number of imidazole rings is 1. The molecular weight excluding hydrogens is 528 g/mol. The number of aryl methyl sites for hydroxylation is 3. The maximum Gasteiger partial charge on any atom is 0.271 e. The summed E-state index contributed by atoms with van der Waals surface area (Å²) < 4.78 is 9.09. The van der Waals surface area contributed by atoms with Gasteiger partial charge in [0.15, 0.2) is 10.9 Å². The van der Waals surface area contributed by atoms with Gasteiger partial charge in [-0.25, -0.2) is 15.0 Å². The lowest BCUT2D eigenvalue weighted by Crippen LogP contribution is -2.36. The smallest absolute Gasteiger partial charge is 0.271 e. The summed E-state index contributed by atoms with van der Waals surface area (Å²) in [6.45, 7) is 5.67. The van der Waals surface area contributed by atoms with Gasteiger partial charge in [0.2, 0.25) is 5.91 Å². The van der Waals surface area contributed by atoms with Gasteiger partial charge in [0.25, 0.3) is 5.91 Å². The summed E-state index contributed by atoms with van der Waals surface area (Å²) >= 11 is 1.49. The largest absolute Gasteiger partial charge is 0.383 e. The molecule has 12 heteroatoms. The SMILES string of the molecule is CCn1c(C(=O)N(C2CC2)C2CC2)cc2c3c(ncn3C)c(Nc3nc(CC(=O)N(C)CCOC)c(C)s3)nc21. The lowest BCUT2D eigenvalue weighted by Gasteiger charge is -2.22. The van der Waals surface area contributed by atoms with Crippen LogP contribution in [0.2, 0.25) is 0 Å². The molecule has 40 heavy (non-hydrogen) atoms. The molecule has 2 fully saturated rings. The maximum atomic E-state index is 13.8. The van der Waals surface area contributed by atoms with E-state index in [0.29, 0.717) is 53.9 Å². The number of aromatic nitrogens is 5. The Bertz CT molecular complexity index is 1580. The molecule has 0 saturated heterocycles. The number of rotatable bonds is 11. The number of thiazole rings is 1. The van der Waals surface area contributed by atoms with E-state index in [-0.39, 0.29) is 18.2 Å². The molecule has 0 aromatic carbocycles. The fourth-order valence-electron chi connectivity index (χ4n) is 5.34. The lowest BCUT2D eigenvalue weighted by molar-refractivity contribution is -0.129. The highest BCUT2D eigenvalue weighted by Crippen LogP contribution is 2.40. The fourth-order valence-corrected chi connectivity index (χ4v) is 6.17. The van der Waals surface area contributed by atoms with Crippen LogP contribution in [-0.2, 0) is 29.5 Å². The Balaban J connectivity index is 1.35. The van der Waals surface area contributed by atoms with Crippen LogP contribution >= 0.6 is 11.3 Å². The molecule has 4 aromatic rings. The van der Waals surface area contributed by atoms with Crippen LogP contribution in [0.25, 0.3) is 22.1 Å². The summed E-state index contributed by atoms with van der Waals surface area (Å²) in [6, 6.07) is 2.75. The van der Waals surface area contributed by atoms with Crippen LogP contribution in [0, 0.1) is 6.92 Å². The van der Waals surface area contributed by atoms with Crippen molar-refractivity contribution in [3.05, 3.63) is 28.7 Å². The van der Waals surface area contributed by atoms with Gasteiger partial charge in [-0.15, -0.1) is 11.3 Å². The second-order valence-electron chi connectivity index (χ2n) is 10.8. The Hall–Kier alpha value is -3.51. The molecule has 4 heterocycles. The number of carbonyl (C=O) groups is 2. The van der Waals surface area contributed by atoms with E-state index < -0.39 is 0 Å². The van der Waals surface area contributed by atoms with Gasteiger partial charge in [0.1, 0.15) is 16.9 Å². The van der Waals surface area contributed by atoms with E-state index in [1.54, 1.807) is 25.4 Å². The Morgan fingerprint density at radius 2 is 1.93 bits per heavy atom. The summed E-state index contributed by atoms with van der Waals surface area (Å²) in [5.74, 6) is 0.683. The Labute approximate surface area is 237 Å². The number of carbonyl (C=O) groups excluding carboxylic acids is 2. The molecule has 1 N–H and O–H groups in total. The van der Waals surface area contributed by atoms with Crippen molar-refractivity contribution in [1.29, 1.82) is 0 Å². The number of fused-ring (bicyclic) bond motifs is 3. The molecule has 0 bridgehead atoms. The first kappa shape index (κ1) is 26.7. The quantitative estimate of drug-likeness (QED) is 0.295. The Morgan fingerprint density at radius 3 is 2.58 bits per heavy atom. The topological polar surface area (TPSA) is 110 Å². The number of hydrogen-bond donors (Lipinski definition) is 1. The van der Waals surface area contributed by atoms with Crippen molar-refractivity contribution >= 4 is 56.2 Å². The van der Waals surface area contributed by atoms with Crippen LogP contribution in [0.4, 0.5) is 10.9 Å². The molecule has 2 aliphatic rings. The fraction of sp³-hybridized carbons (Fsp3) is 0.536. The standard InChI is InChI=1S/C28H36N8O3S/c1-6-35-21(27(38)36(17-7-8-17)18-9-10-18)13-19-24-23(29-15-34(24)4)25(31-26(19)35)32-28-30-20(16(2)40-28)14-22(37)33(3)11-12-39-5/h13,15,17-18H,6-12,14H2,1-5H3,(H,30,31,32). The number of nitrogens with zero attached hydrogens (tertiary/aromatic N) is 7. The molecule has 0 atom stereocenters. The van der Waals surface area contributed by atoms with E-state index in [4.69, 9.17) is 14.7 Å². The zero-order valence-electron chi connectivity index (χ0n) is 23.7. The normalized spacial score (nSPS) is 15.2. The van der Waals surface area contributed by atoms with E-state index in [0.717, 1.165) is 52.8 Å². The first-order valence-corrected chi connectivity index (χ1v) is 14.8. The number of methoxy groups -OCH3 is 1. The minimum absolute atomic E-state index is 0.00642. The van der Waals surface area contributed by atoms with E-state index >= 15 is 0 Å². The first-order chi connectivity index (χ1) is 19.3. The van der Waals surface area contributed by atoms with E-state index in [9.17, 15) is 9.59 Å². The Kier molecular flexibility index (Phi) is 6.99. The molecule has 11 nitrogen and oxygen atoms in total. The molecule has 2 amide bonds. The first-order valence-electron chi connectivity index (χ1n) is 13.9. The van der Waals surface area contributed by atoms with Crippen molar-refractivity contribution in [2.75, 3.05) is 32.6 Å². The van der Waals surface area contributed by atoms with Gasteiger partial charge in [0.05, 0.1) is 30.6 Å². The average molecular weight is 565 g/mol. The molecule has 212 valence electrons. The van der Waals surface area contributed by atoms with Crippen LogP contribution in [0.5, 0.6) is 0 Å². The molecule has 6 rings (SSSR count). The molecule has 2 saturated carbocycles. The lowest BCUT2D eigenvalue weighted by atomic mass is 10.2. The van der Waals surface area contributed by atoms with Gasteiger partial charge in [-0.1, -0.05) is 0 Å². The minimum atomic E-state index is -0.00642. The summed E-state index contributed by atoms with van der Waals surface area (Å²) in [5, 5.41) is 4.95. The number of nitrogens with one attached hydrogen (secondary N) is 1. The molecule has 2 aliphatic carbocycles. The van der Waals surface area contributed by atoms with Crippen molar-refractivity contribution < 1.29 is 14.3 Å². The van der Waals surface area contributed by atoms with Crippen LogP contribution < -0.4 is 5.32 Å². The predicted molar refractivity (Wildman–Crippen MR) is 155 cm³/mol. The molecule has 4 aromatic heterocycles. The van der Waals surface area contributed by atoms with Crippen LogP contribution in [0.15, 0.2) is 12.4 Å². The van der Waals surface area contributed by atoms with Crippen molar-refractivity contribution in [2.45, 2.75) is 64.6 Å². The van der Waals surface area contributed by atoms with Crippen molar-refractivity contribution in [2.24, 2.45) is 7.05 Å². The summed E-state index contributed by atoms with van der Waals surface area (Å²) in [4.78, 5) is 45.7. The predicted octanol–water partition coefficient (Wildman–Crippen LogP) is 3.87. The third-order valence-electron chi connectivity index (χ3n) is 7.85. The van der Waals surface area contributed by atoms with Crippen LogP contribution in [0.3, 0.4) is 0 Å². The third-order valence-corrected chi connectivity index (χ3v) is 8.77. The highest BCUT2D eigenvalue weighted by atomic mass is 32.1. The summed E-state index contributed by atoms with van der Waals surface area (Å²) in [6.07, 6.45) is 6.37. The molecule has 0 aliphatic heterocycles. The monoisotopic (exact) mass is 564 g/mol. The van der Waals surface area contributed by atoms with E-state index in [1.807, 2.05) is 36.1 Å². The van der Waals surface area contributed by atoms with Crippen molar-refractivity contribution in [3.8, 4) is 0 Å². The second kappa shape index (κ2) is 10.5. The van der Waals surface area contributed by atoms with Gasteiger partial charge < -0.3 is 29.0 Å². The summed E-state index contributed by atoms with van der Waals surface area (Å²) in [5.41, 5.74) is 3.81. The average Bonchev–Trinajstić information content (AvgIpc) is 3.85. The van der Waals surface area contributed by atoms with E-state index in [2.05, 4.69) is 15.2 Å². The maximum absolute atomic E-state index is 13.8. The highest BCUT2D eigenvalue weighted by Gasteiger charge is 2.43. The minimum Gasteiger partial charge on any atom is -0.383 e. The molecular formula is C28H36N8O3S. The van der Waals surface area contributed by atoms with Gasteiger partial charge in [-0.3, -0.25) is 9.59 Å². The number of ether oxygens (including phenoxy) is 1. The number of anilines is 2. The number of amides is 2. The van der Waals surface area contributed by atoms with E-state index in [1.165, 1.54) is 11.3 Å². The molecule has 0 unspecified atom stereocenters. The molecule has 0 radical (unpaired) electrons. The number of hydrogen-bond acceptors (Lipinski definition) is 8. The zero-order chi connectivity index (χ0) is 28.1. The van der Waals surface area contributed by atoms with Gasteiger partial charge >= 0.3 is 0 Å². The zero-order valence-corrected chi connectivity index (χ0v) is 24.5. The number of likely N-dealkylation sites (N-methyl/N-ethyl adjacent to an activating group) is 1. The van der Waals surface area contributed by atoms with Crippen molar-refractivity contribution in [1.82, 2.24) is 33.9 Å². The van der Waals surface area contributed by atoms with Crippen molar-refractivity contribution in [3.63, 3.8) is 0 Å². The summed E-state index contributed by atoms with van der Waals surface area (Å²) in [7, 11) is 5.36. The van der Waals surface area contributed by atoms with Gasteiger partial charge in [-0.2, -0.15) is 0 Å².